The van der Waals surface area contributed by atoms with E-state index in [4.69, 9.17) is 14.2 Å². The van der Waals surface area contributed by atoms with Crippen LogP contribution in [-0.4, -0.2) is 32.6 Å². The maximum Gasteiger partial charge on any atom is 0.416 e. The van der Waals surface area contributed by atoms with Crippen molar-refractivity contribution in [2.45, 2.75) is 6.18 Å². The predicted octanol–water partition coefficient (Wildman–Crippen LogP) is 2.96. The molecule has 0 saturated carbocycles. The first kappa shape index (κ1) is 22.6. The minimum atomic E-state index is -4.52. The summed E-state index contributed by atoms with van der Waals surface area (Å²) in [5, 5.41) is 0. The Morgan fingerprint density at radius 1 is 1.00 bits per heavy atom. The minimum Gasteiger partial charge on any atom is -0.497 e. The van der Waals surface area contributed by atoms with E-state index in [1.165, 1.54) is 26.4 Å². The molecule has 2 amide bonds. The highest BCUT2D eigenvalue weighted by Crippen LogP contribution is 2.31. The summed E-state index contributed by atoms with van der Waals surface area (Å²) in [7, 11) is 2.98. The SMILES string of the molecule is COc1ccc(C=CC(=O)NNC(=O)COc2cccc(C(F)(F)F)c2)c(OC)c1. The van der Waals surface area contributed by atoms with E-state index in [1.54, 1.807) is 18.2 Å². The van der Waals surface area contributed by atoms with E-state index in [0.29, 0.717) is 17.1 Å². The van der Waals surface area contributed by atoms with Crippen LogP contribution in [0.15, 0.2) is 48.5 Å². The lowest BCUT2D eigenvalue weighted by Crippen LogP contribution is -2.43. The average Bonchev–Trinajstić information content (AvgIpc) is 2.74. The second-order valence-electron chi connectivity index (χ2n) is 5.79. The number of benzene rings is 2. The number of amides is 2. The number of halogens is 3. The van der Waals surface area contributed by atoms with E-state index in [2.05, 4.69) is 10.9 Å². The molecule has 0 aromatic heterocycles. The van der Waals surface area contributed by atoms with Crippen LogP contribution in [0.5, 0.6) is 17.2 Å². The quantitative estimate of drug-likeness (QED) is 0.527. The number of methoxy groups -OCH3 is 2. The molecule has 0 unspecified atom stereocenters. The molecule has 30 heavy (non-hydrogen) atoms. The van der Waals surface area contributed by atoms with Gasteiger partial charge >= 0.3 is 6.18 Å². The van der Waals surface area contributed by atoms with E-state index < -0.39 is 30.2 Å². The number of rotatable bonds is 7. The van der Waals surface area contributed by atoms with Crippen LogP contribution in [0.4, 0.5) is 13.2 Å². The van der Waals surface area contributed by atoms with Crippen LogP contribution in [0.3, 0.4) is 0 Å². The summed E-state index contributed by atoms with van der Waals surface area (Å²) >= 11 is 0. The second kappa shape index (κ2) is 10.2. The third-order valence-corrected chi connectivity index (χ3v) is 3.71. The highest BCUT2D eigenvalue weighted by atomic mass is 19.4. The second-order valence-corrected chi connectivity index (χ2v) is 5.79. The van der Waals surface area contributed by atoms with Crippen LogP contribution in [0.1, 0.15) is 11.1 Å². The Balaban J connectivity index is 1.84. The normalized spacial score (nSPS) is 11.1. The van der Waals surface area contributed by atoms with Crippen molar-refractivity contribution >= 4 is 17.9 Å². The lowest BCUT2D eigenvalue weighted by atomic mass is 10.1. The van der Waals surface area contributed by atoms with Crippen molar-refractivity contribution in [3.05, 3.63) is 59.7 Å². The first-order valence-corrected chi connectivity index (χ1v) is 8.52. The van der Waals surface area contributed by atoms with Gasteiger partial charge < -0.3 is 14.2 Å². The molecule has 0 saturated heterocycles. The maximum atomic E-state index is 12.7. The number of carbonyl (C=O) groups excluding carboxylic acids is 2. The third-order valence-electron chi connectivity index (χ3n) is 3.71. The molecule has 2 aromatic carbocycles. The van der Waals surface area contributed by atoms with Crippen molar-refractivity contribution < 1.29 is 37.0 Å². The minimum absolute atomic E-state index is 0.127. The third kappa shape index (κ3) is 6.73. The highest BCUT2D eigenvalue weighted by molar-refractivity contribution is 5.93. The topological polar surface area (TPSA) is 85.9 Å². The summed E-state index contributed by atoms with van der Waals surface area (Å²) in [6, 6.07) is 9.12. The van der Waals surface area contributed by atoms with E-state index in [9.17, 15) is 22.8 Å². The van der Waals surface area contributed by atoms with Gasteiger partial charge in [-0.15, -0.1) is 0 Å². The van der Waals surface area contributed by atoms with Crippen LogP contribution in [0.25, 0.3) is 6.08 Å². The Kier molecular flexibility index (Phi) is 7.68. The van der Waals surface area contributed by atoms with Crippen LogP contribution >= 0.6 is 0 Å². The number of hydrogen-bond acceptors (Lipinski definition) is 5. The van der Waals surface area contributed by atoms with Gasteiger partial charge in [-0.25, -0.2) is 0 Å². The number of hydrazine groups is 1. The Morgan fingerprint density at radius 3 is 2.43 bits per heavy atom. The van der Waals surface area contributed by atoms with E-state index >= 15 is 0 Å². The summed E-state index contributed by atoms with van der Waals surface area (Å²) in [6.07, 6.45) is -1.88. The van der Waals surface area contributed by atoms with Gasteiger partial charge in [0, 0.05) is 17.7 Å². The van der Waals surface area contributed by atoms with Crippen molar-refractivity contribution in [2.24, 2.45) is 0 Å². The van der Waals surface area contributed by atoms with Gasteiger partial charge in [0.1, 0.15) is 17.2 Å². The fraction of sp³-hybridized carbons (Fsp3) is 0.200. The van der Waals surface area contributed by atoms with Crippen molar-refractivity contribution in [3.63, 3.8) is 0 Å². The number of carbonyl (C=O) groups is 2. The van der Waals surface area contributed by atoms with Gasteiger partial charge in [0.2, 0.25) is 0 Å². The molecule has 0 aliphatic carbocycles. The van der Waals surface area contributed by atoms with Gasteiger partial charge in [-0.2, -0.15) is 13.2 Å². The van der Waals surface area contributed by atoms with Gasteiger partial charge in [0.15, 0.2) is 6.61 Å². The lowest BCUT2D eigenvalue weighted by Gasteiger charge is -2.10. The van der Waals surface area contributed by atoms with Crippen molar-refractivity contribution in [1.82, 2.24) is 10.9 Å². The molecule has 0 atom stereocenters. The molecule has 0 spiro atoms. The molecule has 2 N–H and O–H groups in total. The van der Waals surface area contributed by atoms with Gasteiger partial charge in [-0.1, -0.05) is 6.07 Å². The van der Waals surface area contributed by atoms with E-state index in [0.717, 1.165) is 24.3 Å². The summed E-state index contributed by atoms with van der Waals surface area (Å²) < 4.78 is 53.3. The monoisotopic (exact) mass is 424 g/mol. The molecule has 2 aromatic rings. The first-order valence-electron chi connectivity index (χ1n) is 8.52. The maximum absolute atomic E-state index is 12.7. The highest BCUT2D eigenvalue weighted by Gasteiger charge is 2.30. The Morgan fingerprint density at radius 2 is 1.77 bits per heavy atom. The fourth-order valence-electron chi connectivity index (χ4n) is 2.24. The number of alkyl halides is 3. The largest absolute Gasteiger partial charge is 0.497 e. The predicted molar refractivity (Wildman–Crippen MR) is 102 cm³/mol. The average molecular weight is 424 g/mol. The van der Waals surface area contributed by atoms with Crippen LogP contribution in [-0.2, 0) is 15.8 Å². The summed E-state index contributed by atoms with van der Waals surface area (Å²) in [5.41, 5.74) is 3.94. The molecule has 0 aliphatic rings. The van der Waals surface area contributed by atoms with Gasteiger partial charge in [-0.05, 0) is 36.4 Å². The Labute approximate surface area is 170 Å². The Hall–Kier alpha value is -3.69. The van der Waals surface area contributed by atoms with Gasteiger partial charge in [0.05, 0.1) is 19.8 Å². The molecule has 0 fully saturated rings. The summed E-state index contributed by atoms with van der Waals surface area (Å²) in [6.45, 7) is -0.586. The molecule has 10 heteroatoms. The molecule has 2 rings (SSSR count). The Bertz CT molecular complexity index is 929. The smallest absolute Gasteiger partial charge is 0.416 e. The van der Waals surface area contributed by atoms with Crippen LogP contribution < -0.4 is 25.1 Å². The zero-order valence-corrected chi connectivity index (χ0v) is 16.1. The number of ether oxygens (including phenoxy) is 3. The molecule has 160 valence electrons. The van der Waals surface area contributed by atoms with Crippen molar-refractivity contribution in [1.29, 1.82) is 0 Å². The fourth-order valence-corrected chi connectivity index (χ4v) is 2.24. The molecule has 0 aliphatic heterocycles. The lowest BCUT2D eigenvalue weighted by molar-refractivity contribution is -0.137. The first-order chi connectivity index (χ1) is 14.2. The van der Waals surface area contributed by atoms with Crippen LogP contribution in [0.2, 0.25) is 0 Å². The zero-order valence-electron chi connectivity index (χ0n) is 16.1. The molecule has 0 radical (unpaired) electrons. The van der Waals surface area contributed by atoms with E-state index in [1.807, 2.05) is 0 Å². The van der Waals surface area contributed by atoms with Crippen molar-refractivity contribution in [2.75, 3.05) is 20.8 Å². The molecule has 7 nitrogen and oxygen atoms in total. The number of nitrogens with one attached hydrogen (secondary N) is 2. The summed E-state index contributed by atoms with van der Waals surface area (Å²) in [5.74, 6) is -0.451. The number of hydrogen-bond donors (Lipinski definition) is 2. The van der Waals surface area contributed by atoms with Crippen LogP contribution in [0, 0.1) is 0 Å². The molecular weight excluding hydrogens is 405 g/mol. The molecule has 0 heterocycles. The summed E-state index contributed by atoms with van der Waals surface area (Å²) in [4.78, 5) is 23.5. The van der Waals surface area contributed by atoms with E-state index in [-0.39, 0.29) is 5.75 Å². The molecule has 0 bridgehead atoms. The van der Waals surface area contributed by atoms with Gasteiger partial charge in [-0.3, -0.25) is 20.4 Å². The zero-order chi connectivity index (χ0) is 22.1. The van der Waals surface area contributed by atoms with Crippen molar-refractivity contribution in [3.8, 4) is 17.2 Å². The standard InChI is InChI=1S/C20H19F3N2O5/c1-28-15-8-6-13(17(11-15)29-2)7-9-18(26)24-25-19(27)12-30-16-5-3-4-14(10-16)20(21,22)23/h3-11H,12H2,1-2H3,(H,24,26)(H,25,27). The molecular formula is C20H19F3N2O5. The van der Waals surface area contributed by atoms with Gasteiger partial charge in [0.25, 0.3) is 11.8 Å².